The van der Waals surface area contributed by atoms with Gasteiger partial charge in [-0.15, -0.1) is 5.73 Å². The predicted octanol–water partition coefficient (Wildman–Crippen LogP) is 6.99. The molecule has 39 heavy (non-hydrogen) atoms. The zero-order valence-corrected chi connectivity index (χ0v) is 24.5. The number of fused-ring (bicyclic) bond motifs is 1. The molecule has 0 saturated carbocycles. The number of benzene rings is 2. The van der Waals surface area contributed by atoms with Gasteiger partial charge in [-0.2, -0.15) is 0 Å². The largest absolute Gasteiger partial charge is 0.370 e. The van der Waals surface area contributed by atoms with Crippen molar-refractivity contribution in [2.75, 3.05) is 26.7 Å². The minimum absolute atomic E-state index is 0.654. The van der Waals surface area contributed by atoms with Crippen LogP contribution < -0.4 is 10.8 Å². The Hall–Kier alpha value is -3.70. The van der Waals surface area contributed by atoms with E-state index in [2.05, 4.69) is 103 Å². The van der Waals surface area contributed by atoms with Gasteiger partial charge in [0, 0.05) is 24.9 Å². The Labute approximate surface area is 236 Å². The Bertz CT molecular complexity index is 1110. The van der Waals surface area contributed by atoms with Crippen molar-refractivity contribution in [3.63, 3.8) is 0 Å². The lowest BCUT2D eigenvalue weighted by molar-refractivity contribution is -0.106. The van der Waals surface area contributed by atoms with Crippen LogP contribution in [0.15, 0.2) is 102 Å². The summed E-state index contributed by atoms with van der Waals surface area (Å²) < 4.78 is 0. The van der Waals surface area contributed by atoms with E-state index in [0.717, 1.165) is 31.4 Å². The Morgan fingerprint density at radius 3 is 2.41 bits per heavy atom. The lowest BCUT2D eigenvalue weighted by atomic mass is 9.98. The van der Waals surface area contributed by atoms with Crippen molar-refractivity contribution in [1.29, 1.82) is 0 Å². The second-order valence-electron chi connectivity index (χ2n) is 9.07. The molecule has 1 atom stereocenters. The molecule has 1 heterocycles. The Morgan fingerprint density at radius 1 is 1.21 bits per heavy atom. The topological polar surface area (TPSA) is 77.0 Å². The number of nitrogens with one attached hydrogen (secondary N) is 2. The maximum absolute atomic E-state index is 9.16. The molecule has 1 saturated heterocycles. The predicted molar refractivity (Wildman–Crippen MR) is 168 cm³/mol. The third-order valence-electron chi connectivity index (χ3n) is 5.73. The van der Waals surface area contributed by atoms with E-state index in [9.17, 15) is 0 Å². The van der Waals surface area contributed by atoms with Gasteiger partial charge in [-0.05, 0) is 70.3 Å². The van der Waals surface area contributed by atoms with E-state index in [1.54, 1.807) is 6.21 Å². The standard InChI is InChI=1S/C17H30N4O.C11H10.C3H4.C2H4O/c1-5-8-17(20-22)16(6-2)12-19-14(3)18-11-15-9-7-10-21(4)13-15;1-9-6-7-10-4-2-3-5-11(10)8-9;1-3-2;1-2-3/h6,8,12,15,18,20,22H,3,5,7,9-11,13H2,1-2,4H3;2-8H,1H3;1-2H2;2H,1H3/b16-6+,17-8?,19-12-;;;. The number of carbonyl (C=O) groups is 1. The second-order valence-corrected chi connectivity index (χ2v) is 9.07. The molecule has 0 radical (unpaired) electrons. The summed E-state index contributed by atoms with van der Waals surface area (Å²) >= 11 is 0. The zero-order chi connectivity index (χ0) is 29.5. The van der Waals surface area contributed by atoms with E-state index in [-0.39, 0.29) is 0 Å². The van der Waals surface area contributed by atoms with Crippen molar-refractivity contribution in [3.05, 3.63) is 103 Å². The van der Waals surface area contributed by atoms with Crippen LogP contribution in [0.5, 0.6) is 0 Å². The van der Waals surface area contributed by atoms with Gasteiger partial charge in [0.15, 0.2) is 0 Å². The SMILES string of the molecule is C=C(/N=C\C(=C/C)C(=CCC)NO)NCC1CCCN(C)C1.C=C=C.CC=O.Cc1ccc2ccccc2c1. The molecular formula is C33H48N4O2. The highest BCUT2D eigenvalue weighted by Crippen LogP contribution is 2.15. The highest BCUT2D eigenvalue weighted by Gasteiger charge is 2.16. The summed E-state index contributed by atoms with van der Waals surface area (Å²) in [7, 11) is 2.17. The molecule has 212 valence electrons. The number of nitrogens with zero attached hydrogens (tertiary/aromatic N) is 2. The van der Waals surface area contributed by atoms with Crippen molar-refractivity contribution >= 4 is 23.3 Å². The molecule has 0 spiro atoms. The summed E-state index contributed by atoms with van der Waals surface area (Å²) in [5.41, 5.74) is 7.29. The number of aryl methyl sites for hydroxylation is 1. The fourth-order valence-electron chi connectivity index (χ4n) is 3.94. The molecule has 2 aromatic carbocycles. The lowest BCUT2D eigenvalue weighted by Gasteiger charge is -2.29. The fraction of sp³-hybridized carbons (Fsp3) is 0.364. The molecule has 3 N–H and O–H groups in total. The minimum atomic E-state index is 0.654. The van der Waals surface area contributed by atoms with Gasteiger partial charge in [-0.1, -0.05) is 86.8 Å². The molecule has 1 fully saturated rings. The molecule has 1 aliphatic rings. The molecule has 1 unspecified atom stereocenters. The van der Waals surface area contributed by atoms with Crippen LogP contribution in [0.4, 0.5) is 0 Å². The number of hydroxylamine groups is 1. The molecule has 0 aliphatic carbocycles. The molecule has 3 rings (SSSR count). The fourth-order valence-corrected chi connectivity index (χ4v) is 3.94. The number of carbonyl (C=O) groups excluding carboxylic acids is 1. The normalized spacial score (nSPS) is 15.4. The molecule has 2 aromatic rings. The Balaban J connectivity index is 0.000000697. The van der Waals surface area contributed by atoms with Crippen LogP contribution in [0.3, 0.4) is 0 Å². The van der Waals surface area contributed by atoms with E-state index in [4.69, 9.17) is 10.0 Å². The number of allylic oxidation sites excluding steroid dienone is 3. The smallest absolute Gasteiger partial charge is 0.118 e. The van der Waals surface area contributed by atoms with E-state index in [1.807, 2.05) is 26.0 Å². The third-order valence-corrected chi connectivity index (χ3v) is 5.73. The molecule has 0 bridgehead atoms. The van der Waals surface area contributed by atoms with E-state index < -0.39 is 0 Å². The first-order chi connectivity index (χ1) is 18.8. The number of likely N-dealkylation sites (tertiary alicyclic amines) is 1. The van der Waals surface area contributed by atoms with Gasteiger partial charge < -0.3 is 15.0 Å². The number of rotatable bonds is 8. The molecule has 0 amide bonds. The summed E-state index contributed by atoms with van der Waals surface area (Å²) in [4.78, 5) is 15.5. The number of aliphatic imine (C=N–C) groups is 1. The summed E-state index contributed by atoms with van der Waals surface area (Å²) in [5.74, 6) is 1.31. The molecule has 6 nitrogen and oxygen atoms in total. The van der Waals surface area contributed by atoms with Gasteiger partial charge in [0.25, 0.3) is 0 Å². The summed E-state index contributed by atoms with van der Waals surface area (Å²) in [6.07, 6.45) is 9.63. The van der Waals surface area contributed by atoms with Crippen LogP contribution in [0.1, 0.15) is 45.6 Å². The molecule has 6 heteroatoms. The molecular weight excluding hydrogens is 484 g/mol. The third kappa shape index (κ3) is 16.0. The average molecular weight is 533 g/mol. The van der Waals surface area contributed by atoms with Crippen molar-refractivity contribution < 1.29 is 10.0 Å². The van der Waals surface area contributed by atoms with Crippen molar-refractivity contribution in [3.8, 4) is 0 Å². The monoisotopic (exact) mass is 532 g/mol. The van der Waals surface area contributed by atoms with Crippen LogP contribution in [0.2, 0.25) is 0 Å². The summed E-state index contributed by atoms with van der Waals surface area (Å²) in [6, 6.07) is 14.9. The average Bonchev–Trinajstić information content (AvgIpc) is 2.93. The summed E-state index contributed by atoms with van der Waals surface area (Å²) in [5, 5.41) is 15.1. The minimum Gasteiger partial charge on any atom is -0.370 e. The number of piperidine rings is 1. The van der Waals surface area contributed by atoms with Gasteiger partial charge in [-0.3, -0.25) is 10.7 Å². The van der Waals surface area contributed by atoms with E-state index in [1.165, 1.54) is 42.6 Å². The van der Waals surface area contributed by atoms with Gasteiger partial charge in [0.2, 0.25) is 0 Å². The van der Waals surface area contributed by atoms with E-state index in [0.29, 0.717) is 17.4 Å². The first-order valence-electron chi connectivity index (χ1n) is 13.4. The van der Waals surface area contributed by atoms with Crippen LogP contribution in [0.25, 0.3) is 10.8 Å². The van der Waals surface area contributed by atoms with Gasteiger partial charge in [-0.25, -0.2) is 4.99 Å². The zero-order valence-electron chi connectivity index (χ0n) is 24.5. The van der Waals surface area contributed by atoms with Crippen molar-refractivity contribution in [2.45, 2.75) is 47.0 Å². The molecule has 1 aliphatic heterocycles. The highest BCUT2D eigenvalue weighted by molar-refractivity contribution is 5.84. The summed E-state index contributed by atoms with van der Waals surface area (Å²) in [6.45, 7) is 20.9. The Kier molecular flexibility index (Phi) is 20.2. The van der Waals surface area contributed by atoms with E-state index >= 15 is 0 Å². The number of hydrogen-bond donors (Lipinski definition) is 3. The van der Waals surface area contributed by atoms with Crippen molar-refractivity contribution in [1.82, 2.24) is 15.7 Å². The Morgan fingerprint density at radius 2 is 1.85 bits per heavy atom. The highest BCUT2D eigenvalue weighted by atomic mass is 16.5. The van der Waals surface area contributed by atoms with Gasteiger partial charge >= 0.3 is 0 Å². The van der Waals surface area contributed by atoms with Crippen LogP contribution >= 0.6 is 0 Å². The maximum Gasteiger partial charge on any atom is 0.118 e. The maximum atomic E-state index is 9.16. The second kappa shape index (κ2) is 22.3. The first-order valence-corrected chi connectivity index (χ1v) is 13.4. The van der Waals surface area contributed by atoms with Gasteiger partial charge in [0.1, 0.15) is 12.1 Å². The molecule has 0 aromatic heterocycles. The first kappa shape index (κ1) is 35.3. The van der Waals surface area contributed by atoms with Crippen molar-refractivity contribution in [2.24, 2.45) is 10.9 Å². The van der Waals surface area contributed by atoms with Crippen LogP contribution in [-0.2, 0) is 4.79 Å². The van der Waals surface area contributed by atoms with Crippen LogP contribution in [0, 0.1) is 12.8 Å². The lowest BCUT2D eigenvalue weighted by Crippen LogP contribution is -2.36. The number of hydrogen-bond acceptors (Lipinski definition) is 6. The van der Waals surface area contributed by atoms with Crippen LogP contribution in [-0.4, -0.2) is 49.3 Å². The van der Waals surface area contributed by atoms with Gasteiger partial charge in [0.05, 0.1) is 5.70 Å². The number of aldehydes is 1. The quantitative estimate of drug-likeness (QED) is 0.112.